The fourth-order valence-corrected chi connectivity index (χ4v) is 5.12. The molecule has 2 bridgehead atoms. The Balaban J connectivity index is 1.45. The lowest BCUT2D eigenvalue weighted by atomic mass is 9.70. The van der Waals surface area contributed by atoms with Gasteiger partial charge in [-0.25, -0.2) is 0 Å². The van der Waals surface area contributed by atoms with Crippen LogP contribution in [0, 0.1) is 5.92 Å². The Hall–Kier alpha value is -2.43. The molecular weight excluding hydrogens is 374 g/mol. The number of fused-ring (bicyclic) bond motifs is 2. The van der Waals surface area contributed by atoms with Crippen LogP contribution >= 0.6 is 0 Å². The van der Waals surface area contributed by atoms with Gasteiger partial charge in [0.2, 0.25) is 0 Å². The molecule has 1 saturated carbocycles. The molecular formula is C26H31NO3. The number of carbonyl (C=O) groups is 1. The minimum atomic E-state index is -0.145. The van der Waals surface area contributed by atoms with E-state index in [0.29, 0.717) is 12.3 Å². The van der Waals surface area contributed by atoms with Crippen molar-refractivity contribution in [2.24, 2.45) is 11.7 Å². The SMILES string of the molecule is COC(=O)CCC/C=C\C[C@H]1[C@H](N)[C@@H]2C[C@@]1(c1ccc(-c3ccccc3)cc1)CO2. The zero-order valence-electron chi connectivity index (χ0n) is 17.6. The molecule has 0 amide bonds. The van der Waals surface area contributed by atoms with Crippen LogP contribution in [0.4, 0.5) is 0 Å². The fraction of sp³-hybridized carbons (Fsp3) is 0.423. The number of rotatable bonds is 8. The third-order valence-electron chi connectivity index (χ3n) is 6.83. The first-order valence-corrected chi connectivity index (χ1v) is 10.9. The molecule has 1 aliphatic heterocycles. The van der Waals surface area contributed by atoms with Crippen LogP contribution in [0.1, 0.15) is 37.7 Å². The van der Waals surface area contributed by atoms with Gasteiger partial charge in [0, 0.05) is 17.9 Å². The number of ether oxygens (including phenoxy) is 2. The van der Waals surface area contributed by atoms with E-state index in [-0.39, 0.29) is 23.5 Å². The smallest absolute Gasteiger partial charge is 0.305 e. The molecule has 0 spiro atoms. The predicted octanol–water partition coefficient (Wildman–Crippen LogP) is 4.63. The molecule has 4 atom stereocenters. The molecule has 2 aromatic rings. The Morgan fingerprint density at radius 3 is 2.60 bits per heavy atom. The number of nitrogens with two attached hydrogens (primary N) is 1. The number of benzene rings is 2. The van der Waals surface area contributed by atoms with Crippen molar-refractivity contribution in [1.29, 1.82) is 0 Å². The molecule has 1 aliphatic carbocycles. The molecule has 30 heavy (non-hydrogen) atoms. The van der Waals surface area contributed by atoms with Gasteiger partial charge in [0.15, 0.2) is 0 Å². The maximum Gasteiger partial charge on any atom is 0.305 e. The second-order valence-electron chi connectivity index (χ2n) is 8.51. The summed E-state index contributed by atoms with van der Waals surface area (Å²) in [6.07, 6.45) is 8.68. The lowest BCUT2D eigenvalue weighted by Crippen LogP contribution is -2.46. The van der Waals surface area contributed by atoms with Gasteiger partial charge in [-0.15, -0.1) is 0 Å². The summed E-state index contributed by atoms with van der Waals surface area (Å²) >= 11 is 0. The third kappa shape index (κ3) is 4.07. The van der Waals surface area contributed by atoms with Gasteiger partial charge in [0.1, 0.15) is 0 Å². The number of hydrogen-bond acceptors (Lipinski definition) is 4. The summed E-state index contributed by atoms with van der Waals surface area (Å²) in [6.45, 7) is 0.747. The first-order valence-electron chi connectivity index (χ1n) is 10.9. The highest BCUT2D eigenvalue weighted by molar-refractivity contribution is 5.69. The molecule has 1 heterocycles. The van der Waals surface area contributed by atoms with Gasteiger partial charge >= 0.3 is 5.97 Å². The zero-order valence-corrected chi connectivity index (χ0v) is 17.6. The van der Waals surface area contributed by atoms with E-state index in [1.165, 1.54) is 23.8 Å². The van der Waals surface area contributed by atoms with Crippen molar-refractivity contribution in [3.8, 4) is 11.1 Å². The van der Waals surface area contributed by atoms with Crippen LogP contribution in [-0.2, 0) is 19.7 Å². The number of methoxy groups -OCH3 is 1. The maximum atomic E-state index is 11.2. The molecule has 2 aromatic carbocycles. The van der Waals surface area contributed by atoms with Crippen LogP contribution in [0.5, 0.6) is 0 Å². The molecule has 4 rings (SSSR count). The summed E-state index contributed by atoms with van der Waals surface area (Å²) in [5.74, 6) is 0.226. The van der Waals surface area contributed by atoms with E-state index in [9.17, 15) is 4.79 Å². The topological polar surface area (TPSA) is 61.5 Å². The van der Waals surface area contributed by atoms with Crippen LogP contribution < -0.4 is 5.73 Å². The number of esters is 1. The number of unbranched alkanes of at least 4 members (excludes halogenated alkanes) is 1. The third-order valence-corrected chi connectivity index (χ3v) is 6.83. The Labute approximate surface area is 179 Å². The van der Waals surface area contributed by atoms with Crippen molar-refractivity contribution in [2.75, 3.05) is 13.7 Å². The molecule has 0 aromatic heterocycles. The van der Waals surface area contributed by atoms with Crippen molar-refractivity contribution >= 4 is 5.97 Å². The van der Waals surface area contributed by atoms with Crippen LogP contribution in [0.3, 0.4) is 0 Å². The van der Waals surface area contributed by atoms with E-state index in [2.05, 4.69) is 60.7 Å². The summed E-state index contributed by atoms with van der Waals surface area (Å²) in [7, 11) is 1.43. The second kappa shape index (κ2) is 9.15. The fourth-order valence-electron chi connectivity index (χ4n) is 5.12. The lowest BCUT2D eigenvalue weighted by molar-refractivity contribution is -0.140. The molecule has 1 saturated heterocycles. The quantitative estimate of drug-likeness (QED) is 0.395. The number of carbonyl (C=O) groups excluding carboxylic acids is 1. The predicted molar refractivity (Wildman–Crippen MR) is 119 cm³/mol. The highest BCUT2D eigenvalue weighted by Crippen LogP contribution is 2.53. The van der Waals surface area contributed by atoms with Crippen molar-refractivity contribution in [3.63, 3.8) is 0 Å². The average molecular weight is 406 g/mol. The lowest BCUT2D eigenvalue weighted by Gasteiger charge is -2.37. The van der Waals surface area contributed by atoms with E-state index < -0.39 is 0 Å². The average Bonchev–Trinajstić information content (AvgIpc) is 3.35. The minimum absolute atomic E-state index is 0.00431. The van der Waals surface area contributed by atoms with Crippen LogP contribution in [0.15, 0.2) is 66.7 Å². The van der Waals surface area contributed by atoms with Crippen molar-refractivity contribution in [1.82, 2.24) is 0 Å². The largest absolute Gasteiger partial charge is 0.469 e. The highest BCUT2D eigenvalue weighted by Gasteiger charge is 2.57. The molecule has 4 nitrogen and oxygen atoms in total. The number of allylic oxidation sites excluding steroid dienone is 2. The van der Waals surface area contributed by atoms with Crippen molar-refractivity contribution in [2.45, 2.75) is 49.7 Å². The van der Waals surface area contributed by atoms with E-state index in [1.54, 1.807) is 0 Å². The Bertz CT molecular complexity index is 877. The Morgan fingerprint density at radius 2 is 1.87 bits per heavy atom. The van der Waals surface area contributed by atoms with Gasteiger partial charge in [-0.3, -0.25) is 4.79 Å². The molecule has 2 N–H and O–H groups in total. The zero-order chi connectivity index (χ0) is 21.0. The summed E-state index contributed by atoms with van der Waals surface area (Å²) in [6, 6.07) is 19.5. The van der Waals surface area contributed by atoms with Gasteiger partial charge in [0.05, 0.1) is 19.8 Å². The Morgan fingerprint density at radius 1 is 1.13 bits per heavy atom. The molecule has 2 fully saturated rings. The molecule has 158 valence electrons. The van der Waals surface area contributed by atoms with Gasteiger partial charge in [-0.1, -0.05) is 66.7 Å². The van der Waals surface area contributed by atoms with Crippen molar-refractivity contribution < 1.29 is 14.3 Å². The van der Waals surface area contributed by atoms with Gasteiger partial charge in [-0.2, -0.15) is 0 Å². The normalized spacial score (nSPS) is 27.6. The van der Waals surface area contributed by atoms with Gasteiger partial charge < -0.3 is 15.2 Å². The molecule has 2 aliphatic rings. The second-order valence-corrected chi connectivity index (χ2v) is 8.51. The summed E-state index contributed by atoms with van der Waals surface area (Å²) in [5, 5.41) is 0. The highest BCUT2D eigenvalue weighted by atomic mass is 16.5. The summed E-state index contributed by atoms with van der Waals surface area (Å²) < 4.78 is 10.7. The Kier molecular flexibility index (Phi) is 6.35. The van der Waals surface area contributed by atoms with Gasteiger partial charge in [-0.05, 0) is 48.3 Å². The van der Waals surface area contributed by atoms with Gasteiger partial charge in [0.25, 0.3) is 0 Å². The first kappa shape index (κ1) is 20.8. The van der Waals surface area contributed by atoms with Crippen LogP contribution in [0.2, 0.25) is 0 Å². The van der Waals surface area contributed by atoms with Crippen molar-refractivity contribution in [3.05, 3.63) is 72.3 Å². The standard InChI is InChI=1S/C26H31NO3/c1-29-24(28)12-8-3-2-7-11-22-25(27)23-17-26(22,18-30-23)21-15-13-20(14-16-21)19-9-5-4-6-10-19/h2,4-7,9-10,13-16,22-23,25H,3,8,11-12,17-18,27H2,1H3/b7-2-/t22-,23-,25-,26-/m0/s1. The van der Waals surface area contributed by atoms with E-state index in [0.717, 1.165) is 32.3 Å². The minimum Gasteiger partial charge on any atom is -0.469 e. The van der Waals surface area contributed by atoms with Crippen LogP contribution in [0.25, 0.3) is 11.1 Å². The number of hydrogen-bond donors (Lipinski definition) is 1. The van der Waals surface area contributed by atoms with E-state index >= 15 is 0 Å². The molecule has 0 radical (unpaired) electrons. The summed E-state index contributed by atoms with van der Waals surface area (Å²) in [4.78, 5) is 11.2. The van der Waals surface area contributed by atoms with E-state index in [1.807, 2.05) is 6.07 Å². The molecule has 4 heteroatoms. The van der Waals surface area contributed by atoms with E-state index in [4.69, 9.17) is 15.2 Å². The molecule has 0 unspecified atom stereocenters. The van der Waals surface area contributed by atoms with Crippen LogP contribution in [-0.4, -0.2) is 31.8 Å². The first-order chi connectivity index (χ1) is 14.6. The maximum absolute atomic E-state index is 11.2. The summed E-state index contributed by atoms with van der Waals surface area (Å²) in [5.41, 5.74) is 10.4. The monoisotopic (exact) mass is 405 g/mol.